The molecular weight excluding hydrogens is 400 g/mol. The van der Waals surface area contributed by atoms with Crippen LogP contribution in [-0.4, -0.2) is 48.9 Å². The highest BCUT2D eigenvalue weighted by Crippen LogP contribution is 2.38. The van der Waals surface area contributed by atoms with Gasteiger partial charge in [0.15, 0.2) is 18.2 Å². The van der Waals surface area contributed by atoms with E-state index in [0.29, 0.717) is 30.4 Å². The quantitative estimate of drug-likeness (QED) is 0.802. The maximum atomic E-state index is 12.7. The summed E-state index contributed by atoms with van der Waals surface area (Å²) in [5, 5.41) is 0. The molecule has 31 heavy (non-hydrogen) atoms. The molecule has 1 saturated heterocycles. The van der Waals surface area contributed by atoms with Crippen molar-refractivity contribution < 1.29 is 23.8 Å². The smallest absolute Gasteiger partial charge is 0.416 e. The Morgan fingerprint density at radius 2 is 1.97 bits per heavy atom. The van der Waals surface area contributed by atoms with Crippen LogP contribution >= 0.6 is 0 Å². The van der Waals surface area contributed by atoms with Gasteiger partial charge >= 0.3 is 6.09 Å². The second-order valence-corrected chi connectivity index (χ2v) is 8.04. The van der Waals surface area contributed by atoms with Crippen LogP contribution in [0.25, 0.3) is 0 Å². The molecule has 9 heteroatoms. The van der Waals surface area contributed by atoms with Crippen molar-refractivity contribution in [3.05, 3.63) is 42.0 Å². The zero-order chi connectivity index (χ0) is 21.5. The first-order chi connectivity index (χ1) is 15.0. The van der Waals surface area contributed by atoms with Crippen LogP contribution in [0, 0.1) is 0 Å². The molecule has 5 rings (SSSR count). The lowest BCUT2D eigenvalue weighted by atomic mass is 9.89. The second kappa shape index (κ2) is 7.73. The molecule has 162 valence electrons. The number of anilines is 2. The lowest BCUT2D eigenvalue weighted by molar-refractivity contribution is -0.121. The van der Waals surface area contributed by atoms with Gasteiger partial charge in [-0.15, -0.1) is 0 Å². The number of pyridine rings is 1. The number of nitrogens with zero attached hydrogens (tertiary/aromatic N) is 3. The zero-order valence-electron chi connectivity index (χ0n) is 17.2. The number of hydrogen-bond donors (Lipinski definition) is 1. The zero-order valence-corrected chi connectivity index (χ0v) is 17.2. The van der Waals surface area contributed by atoms with Gasteiger partial charge in [0.05, 0.1) is 19.7 Å². The van der Waals surface area contributed by atoms with Crippen LogP contribution in [0.15, 0.2) is 36.4 Å². The van der Waals surface area contributed by atoms with E-state index >= 15 is 0 Å². The third-order valence-corrected chi connectivity index (χ3v) is 6.06. The molecule has 1 aromatic carbocycles. The fourth-order valence-electron chi connectivity index (χ4n) is 4.43. The topological polar surface area (TPSA) is 107 Å². The van der Waals surface area contributed by atoms with Gasteiger partial charge in [0.1, 0.15) is 17.7 Å². The summed E-state index contributed by atoms with van der Waals surface area (Å²) >= 11 is 0. The van der Waals surface area contributed by atoms with Gasteiger partial charge in [-0.1, -0.05) is 12.1 Å². The monoisotopic (exact) mass is 424 g/mol. The highest BCUT2D eigenvalue weighted by molar-refractivity contribution is 5.97. The normalized spacial score (nSPS) is 24.9. The van der Waals surface area contributed by atoms with Crippen LogP contribution in [0.3, 0.4) is 0 Å². The number of carbonyl (C=O) groups excluding carboxylic acids is 2. The fraction of sp³-hybridized carbons (Fsp3) is 0.409. The van der Waals surface area contributed by atoms with Gasteiger partial charge in [0, 0.05) is 12.5 Å². The highest BCUT2D eigenvalue weighted by Gasteiger charge is 2.46. The van der Waals surface area contributed by atoms with Gasteiger partial charge in [-0.05, 0) is 42.7 Å². The van der Waals surface area contributed by atoms with Gasteiger partial charge in [-0.25, -0.2) is 9.78 Å². The standard InChI is InChI=1S/C22H24N4O5/c1-29-15-5-2-13(3-6-15)11-25-20(27)12-30-17-8-9-19(24-21(17)25)26-16-7-4-14(23)10-18(16)31-22(26)28/h2-3,5-6,8-9,14,16,18H,4,7,10-12,23H2,1H3. The Balaban J connectivity index is 1.45. The number of carbonyl (C=O) groups is 2. The van der Waals surface area contributed by atoms with E-state index in [-0.39, 0.29) is 30.7 Å². The molecule has 0 bridgehead atoms. The predicted molar refractivity (Wildman–Crippen MR) is 112 cm³/mol. The molecule has 3 unspecified atom stereocenters. The van der Waals surface area contributed by atoms with Crippen molar-refractivity contribution in [3.63, 3.8) is 0 Å². The number of methoxy groups -OCH3 is 1. The van der Waals surface area contributed by atoms with Gasteiger partial charge < -0.3 is 19.9 Å². The van der Waals surface area contributed by atoms with E-state index in [9.17, 15) is 9.59 Å². The van der Waals surface area contributed by atoms with E-state index in [0.717, 1.165) is 24.2 Å². The molecule has 1 saturated carbocycles. The Labute approximate surface area is 179 Å². The van der Waals surface area contributed by atoms with Crippen molar-refractivity contribution in [3.8, 4) is 11.5 Å². The van der Waals surface area contributed by atoms with E-state index in [1.54, 1.807) is 29.0 Å². The van der Waals surface area contributed by atoms with Crippen LogP contribution in [0.1, 0.15) is 24.8 Å². The molecule has 2 N–H and O–H groups in total. The maximum absolute atomic E-state index is 12.7. The number of hydrogen-bond acceptors (Lipinski definition) is 7. The van der Waals surface area contributed by atoms with Crippen molar-refractivity contribution in [2.45, 2.75) is 44.0 Å². The van der Waals surface area contributed by atoms with Crippen molar-refractivity contribution >= 4 is 23.6 Å². The van der Waals surface area contributed by atoms with Gasteiger partial charge in [-0.2, -0.15) is 0 Å². The summed E-state index contributed by atoms with van der Waals surface area (Å²) in [6, 6.07) is 10.9. The summed E-state index contributed by atoms with van der Waals surface area (Å²) in [6.45, 7) is 0.277. The number of aromatic nitrogens is 1. The summed E-state index contributed by atoms with van der Waals surface area (Å²) in [6.07, 6.45) is 1.55. The Bertz CT molecular complexity index is 1010. The number of fused-ring (bicyclic) bond motifs is 2. The number of ether oxygens (including phenoxy) is 3. The largest absolute Gasteiger partial charge is 0.497 e. The lowest BCUT2D eigenvalue weighted by Gasteiger charge is -2.32. The van der Waals surface area contributed by atoms with Crippen molar-refractivity contribution in [1.82, 2.24) is 4.98 Å². The van der Waals surface area contributed by atoms with Crippen molar-refractivity contribution in [1.29, 1.82) is 0 Å². The Morgan fingerprint density at radius 1 is 1.16 bits per heavy atom. The summed E-state index contributed by atoms with van der Waals surface area (Å²) in [4.78, 5) is 33.1. The van der Waals surface area contributed by atoms with Crippen LogP contribution < -0.4 is 25.0 Å². The van der Waals surface area contributed by atoms with Gasteiger partial charge in [-0.3, -0.25) is 14.6 Å². The molecule has 3 atom stereocenters. The van der Waals surface area contributed by atoms with Gasteiger partial charge in [0.25, 0.3) is 5.91 Å². The first kappa shape index (κ1) is 19.6. The molecule has 3 heterocycles. The van der Waals surface area contributed by atoms with E-state index in [1.165, 1.54) is 0 Å². The maximum Gasteiger partial charge on any atom is 0.416 e. The average molecular weight is 424 g/mol. The van der Waals surface area contributed by atoms with Crippen molar-refractivity contribution in [2.75, 3.05) is 23.5 Å². The summed E-state index contributed by atoms with van der Waals surface area (Å²) < 4.78 is 16.3. The van der Waals surface area contributed by atoms with E-state index < -0.39 is 6.09 Å². The number of benzene rings is 1. The summed E-state index contributed by atoms with van der Waals surface area (Å²) in [5.74, 6) is 1.90. The molecule has 2 aromatic rings. The molecule has 2 aliphatic heterocycles. The van der Waals surface area contributed by atoms with Crippen molar-refractivity contribution in [2.24, 2.45) is 5.73 Å². The molecule has 9 nitrogen and oxygen atoms in total. The Kier molecular flexibility index (Phi) is 4.90. The third kappa shape index (κ3) is 3.54. The molecule has 1 aliphatic carbocycles. The molecule has 2 amide bonds. The van der Waals surface area contributed by atoms with Crippen LogP contribution in [0.4, 0.5) is 16.4 Å². The number of rotatable bonds is 4. The van der Waals surface area contributed by atoms with Crippen LogP contribution in [-0.2, 0) is 16.1 Å². The number of nitrogens with two attached hydrogens (primary N) is 1. The Morgan fingerprint density at radius 3 is 2.74 bits per heavy atom. The summed E-state index contributed by atoms with van der Waals surface area (Å²) in [7, 11) is 1.61. The molecule has 0 spiro atoms. The fourth-order valence-corrected chi connectivity index (χ4v) is 4.43. The lowest BCUT2D eigenvalue weighted by Crippen LogP contribution is -2.44. The molecule has 1 aromatic heterocycles. The van der Waals surface area contributed by atoms with Crippen LogP contribution in [0.5, 0.6) is 11.5 Å². The minimum atomic E-state index is -0.429. The predicted octanol–water partition coefficient (Wildman–Crippen LogP) is 2.22. The Hall–Kier alpha value is -3.33. The molecular formula is C22H24N4O5. The first-order valence-electron chi connectivity index (χ1n) is 10.4. The second-order valence-electron chi connectivity index (χ2n) is 8.04. The van der Waals surface area contributed by atoms with Crippen LogP contribution in [0.2, 0.25) is 0 Å². The molecule has 2 fully saturated rings. The van der Waals surface area contributed by atoms with Gasteiger partial charge in [0.2, 0.25) is 0 Å². The van der Waals surface area contributed by atoms with E-state index in [2.05, 4.69) is 4.98 Å². The van der Waals surface area contributed by atoms with E-state index in [1.807, 2.05) is 24.3 Å². The third-order valence-electron chi connectivity index (χ3n) is 6.06. The minimum Gasteiger partial charge on any atom is -0.497 e. The first-order valence-corrected chi connectivity index (χ1v) is 10.4. The molecule has 0 radical (unpaired) electrons. The summed E-state index contributed by atoms with van der Waals surface area (Å²) in [5.41, 5.74) is 6.97. The average Bonchev–Trinajstić information content (AvgIpc) is 3.10. The molecule has 3 aliphatic rings. The minimum absolute atomic E-state index is 0.0384. The number of amides is 2. The SMILES string of the molecule is COc1ccc(CN2C(=O)COc3ccc(N4C(=O)OC5CC(N)CCC54)nc32)cc1. The van der Waals surface area contributed by atoms with E-state index in [4.69, 9.17) is 19.9 Å². The highest BCUT2D eigenvalue weighted by atomic mass is 16.6.